The van der Waals surface area contributed by atoms with Gasteiger partial charge in [0.05, 0.1) is 11.4 Å². The Labute approximate surface area is 98.2 Å². The third-order valence-electron chi connectivity index (χ3n) is 2.72. The maximum absolute atomic E-state index is 12.8. The Kier molecular flexibility index (Phi) is 2.78. The molecule has 92 valence electrons. The number of rotatable bonds is 2. The Morgan fingerprint density at radius 2 is 2.00 bits per heavy atom. The van der Waals surface area contributed by atoms with Gasteiger partial charge < -0.3 is 10.6 Å². The lowest BCUT2D eigenvalue weighted by molar-refractivity contribution is -0.117. The summed E-state index contributed by atoms with van der Waals surface area (Å²) in [6, 6.07) is 6.57. The van der Waals surface area contributed by atoms with E-state index in [1.165, 1.54) is 4.90 Å². The maximum atomic E-state index is 12.8. The smallest absolute Gasteiger partial charge is 0.307 e. The normalized spacial score (nSPS) is 20.9. The van der Waals surface area contributed by atoms with Crippen LogP contribution < -0.4 is 10.6 Å². The molecule has 0 spiro atoms. The van der Waals surface area contributed by atoms with Gasteiger partial charge in [-0.3, -0.25) is 4.79 Å². The van der Waals surface area contributed by atoms with Crippen molar-refractivity contribution in [3.63, 3.8) is 0 Å². The van der Waals surface area contributed by atoms with Gasteiger partial charge in [-0.1, -0.05) is 12.1 Å². The molecule has 1 atom stereocenters. The Morgan fingerprint density at radius 1 is 1.35 bits per heavy atom. The summed E-state index contributed by atoms with van der Waals surface area (Å²) in [5.74, 6) is -0.436. The molecule has 1 amide bonds. The van der Waals surface area contributed by atoms with E-state index in [1.54, 1.807) is 24.3 Å². The molecule has 1 saturated heterocycles. The van der Waals surface area contributed by atoms with Gasteiger partial charge in [0.2, 0.25) is 5.91 Å². The average Bonchev–Trinajstić information content (AvgIpc) is 2.61. The Bertz CT molecular complexity index is 558. The van der Waals surface area contributed by atoms with Crippen LogP contribution in [0.3, 0.4) is 0 Å². The summed E-state index contributed by atoms with van der Waals surface area (Å²) in [6.45, 7) is -0.189. The van der Waals surface area contributed by atoms with Crippen molar-refractivity contribution in [1.82, 2.24) is 0 Å². The first-order valence-electron chi connectivity index (χ1n) is 4.98. The molecule has 5 nitrogen and oxygen atoms in total. The lowest BCUT2D eigenvalue weighted by Crippen LogP contribution is -2.27. The predicted octanol–water partition coefficient (Wildman–Crippen LogP) is 0.673. The van der Waals surface area contributed by atoms with Gasteiger partial charge in [-0.15, -0.1) is 3.89 Å². The number of nitrogens with zero attached hydrogens (tertiary/aromatic N) is 1. The quantitative estimate of drug-likeness (QED) is 0.624. The second-order valence-corrected chi connectivity index (χ2v) is 5.48. The summed E-state index contributed by atoms with van der Waals surface area (Å²) in [6.07, 6.45) is -0.340. The molecule has 1 aromatic carbocycles. The highest BCUT2D eigenvalue weighted by Crippen LogP contribution is 2.29. The topological polar surface area (TPSA) is 80.5 Å². The van der Waals surface area contributed by atoms with Crippen molar-refractivity contribution in [2.24, 2.45) is 0 Å². The number of anilines is 2. The number of hydrogen-bond acceptors (Lipinski definition) is 4. The van der Waals surface area contributed by atoms with E-state index >= 15 is 0 Å². The summed E-state index contributed by atoms with van der Waals surface area (Å²) in [7, 11) is -4.69. The highest BCUT2D eigenvalue weighted by atomic mass is 32.3. The van der Waals surface area contributed by atoms with Gasteiger partial charge >= 0.3 is 10.2 Å². The standard InChI is InChI=1S/C10H11FN2O3S/c11-17(15,16)7-5-10(14)13(6-7)9-4-2-1-3-8(9)12/h1-4,7H,5-6,12H2. The van der Waals surface area contributed by atoms with Crippen LogP contribution in [0.2, 0.25) is 0 Å². The largest absolute Gasteiger partial charge is 0.397 e. The number of para-hydroxylation sites is 2. The summed E-state index contributed by atoms with van der Waals surface area (Å²) in [4.78, 5) is 12.8. The molecule has 2 rings (SSSR count). The number of nitrogen functional groups attached to an aromatic ring is 1. The van der Waals surface area contributed by atoms with Crippen LogP contribution >= 0.6 is 0 Å². The number of amides is 1. The molecule has 1 aromatic rings. The zero-order valence-electron chi connectivity index (χ0n) is 8.84. The minimum absolute atomic E-state index is 0.189. The van der Waals surface area contributed by atoms with Crippen LogP contribution in [0.25, 0.3) is 0 Å². The molecule has 0 aliphatic carbocycles. The Hall–Kier alpha value is -1.63. The molecule has 1 heterocycles. The molecule has 0 aromatic heterocycles. The molecule has 7 heteroatoms. The van der Waals surface area contributed by atoms with E-state index in [2.05, 4.69) is 0 Å². The molecule has 0 saturated carbocycles. The second-order valence-electron chi connectivity index (χ2n) is 3.86. The first-order chi connectivity index (χ1) is 7.89. The van der Waals surface area contributed by atoms with Crippen LogP contribution in [0.4, 0.5) is 15.3 Å². The van der Waals surface area contributed by atoms with E-state index in [9.17, 15) is 17.1 Å². The second kappa shape index (κ2) is 3.99. The van der Waals surface area contributed by atoms with Crippen molar-refractivity contribution in [3.8, 4) is 0 Å². The molecule has 0 bridgehead atoms. The highest BCUT2D eigenvalue weighted by Gasteiger charge is 2.39. The first-order valence-corrected chi connectivity index (χ1v) is 6.42. The van der Waals surface area contributed by atoms with Crippen LogP contribution in [0.1, 0.15) is 6.42 Å². The van der Waals surface area contributed by atoms with Gasteiger partial charge in [-0.25, -0.2) is 0 Å². The van der Waals surface area contributed by atoms with Gasteiger partial charge in [-0.05, 0) is 12.1 Å². The van der Waals surface area contributed by atoms with Gasteiger partial charge in [0, 0.05) is 13.0 Å². The Morgan fingerprint density at radius 3 is 2.53 bits per heavy atom. The fourth-order valence-corrected chi connectivity index (χ4v) is 2.50. The van der Waals surface area contributed by atoms with E-state index in [-0.39, 0.29) is 13.0 Å². The highest BCUT2D eigenvalue weighted by molar-refractivity contribution is 7.87. The molecule has 2 N–H and O–H groups in total. The first kappa shape index (κ1) is 11.8. The third kappa shape index (κ3) is 2.23. The van der Waals surface area contributed by atoms with E-state index in [0.29, 0.717) is 11.4 Å². The molecule has 1 unspecified atom stereocenters. The fourth-order valence-electron chi connectivity index (χ4n) is 1.83. The summed E-state index contributed by atoms with van der Waals surface area (Å²) in [5.41, 5.74) is 6.46. The SMILES string of the molecule is Nc1ccccc1N1CC(S(=O)(=O)F)CC1=O. The monoisotopic (exact) mass is 258 g/mol. The van der Waals surface area contributed by atoms with Gasteiger partial charge in [-0.2, -0.15) is 8.42 Å². The van der Waals surface area contributed by atoms with Crippen molar-refractivity contribution in [2.45, 2.75) is 11.7 Å². The number of hydrogen-bond donors (Lipinski definition) is 1. The summed E-state index contributed by atoms with van der Waals surface area (Å²) >= 11 is 0. The zero-order chi connectivity index (χ0) is 12.6. The molecular weight excluding hydrogens is 247 g/mol. The van der Waals surface area contributed by atoms with E-state index < -0.39 is 21.4 Å². The minimum atomic E-state index is -4.69. The minimum Gasteiger partial charge on any atom is -0.397 e. The number of carbonyl (C=O) groups excluding carboxylic acids is 1. The zero-order valence-corrected chi connectivity index (χ0v) is 9.65. The van der Waals surface area contributed by atoms with E-state index in [4.69, 9.17) is 5.73 Å². The predicted molar refractivity (Wildman–Crippen MR) is 61.6 cm³/mol. The van der Waals surface area contributed by atoms with Crippen LogP contribution in [0.5, 0.6) is 0 Å². The maximum Gasteiger partial charge on any atom is 0.307 e. The van der Waals surface area contributed by atoms with Crippen molar-refractivity contribution in [2.75, 3.05) is 17.2 Å². The van der Waals surface area contributed by atoms with Crippen molar-refractivity contribution in [3.05, 3.63) is 24.3 Å². The number of halogens is 1. The van der Waals surface area contributed by atoms with Crippen molar-refractivity contribution >= 4 is 27.5 Å². The van der Waals surface area contributed by atoms with Crippen LogP contribution in [0, 0.1) is 0 Å². The molecule has 0 radical (unpaired) electrons. The Balaban J connectivity index is 2.31. The lowest BCUT2D eigenvalue weighted by atomic mass is 10.2. The number of nitrogens with two attached hydrogens (primary N) is 1. The van der Waals surface area contributed by atoms with Gasteiger partial charge in [0.1, 0.15) is 5.25 Å². The van der Waals surface area contributed by atoms with E-state index in [1.807, 2.05) is 0 Å². The number of benzene rings is 1. The van der Waals surface area contributed by atoms with Crippen molar-refractivity contribution < 1.29 is 17.1 Å². The van der Waals surface area contributed by atoms with Gasteiger partial charge in [0.15, 0.2) is 0 Å². The van der Waals surface area contributed by atoms with Crippen LogP contribution in [-0.4, -0.2) is 26.1 Å². The molecule has 1 aliphatic rings. The fraction of sp³-hybridized carbons (Fsp3) is 0.300. The lowest BCUT2D eigenvalue weighted by Gasteiger charge is -2.17. The molecule has 1 fully saturated rings. The van der Waals surface area contributed by atoms with Crippen LogP contribution in [0.15, 0.2) is 24.3 Å². The number of carbonyl (C=O) groups is 1. The van der Waals surface area contributed by atoms with E-state index in [0.717, 1.165) is 0 Å². The molecular formula is C10H11FN2O3S. The van der Waals surface area contributed by atoms with Crippen LogP contribution in [-0.2, 0) is 15.0 Å². The van der Waals surface area contributed by atoms with Crippen molar-refractivity contribution in [1.29, 1.82) is 0 Å². The summed E-state index contributed by atoms with van der Waals surface area (Å²) in [5, 5.41) is -1.30. The molecule has 17 heavy (non-hydrogen) atoms. The van der Waals surface area contributed by atoms with Gasteiger partial charge in [0.25, 0.3) is 0 Å². The molecule has 1 aliphatic heterocycles. The summed E-state index contributed by atoms with van der Waals surface area (Å²) < 4.78 is 34.3. The average molecular weight is 258 g/mol. The third-order valence-corrected chi connectivity index (χ3v) is 3.83.